The topological polar surface area (TPSA) is 234 Å². The number of carboxylic acid groups (broad SMARTS) is 2. The van der Waals surface area contributed by atoms with E-state index in [0.717, 1.165) is 53.3 Å². The molecule has 7 N–H and O–H groups in total. The van der Waals surface area contributed by atoms with Crippen LogP contribution in [0.5, 0.6) is 0 Å². The van der Waals surface area contributed by atoms with Crippen molar-refractivity contribution < 1.29 is 19.8 Å². The predicted molar refractivity (Wildman–Crippen MR) is 166 cm³/mol. The molecule has 15 nitrogen and oxygen atoms in total. The second-order valence-electron chi connectivity index (χ2n) is 9.35. The van der Waals surface area contributed by atoms with Crippen LogP contribution in [0.25, 0.3) is 10.9 Å². The van der Waals surface area contributed by atoms with E-state index >= 15 is 0 Å². The van der Waals surface area contributed by atoms with Crippen LogP contribution < -0.4 is 27.8 Å². The van der Waals surface area contributed by atoms with Crippen LogP contribution >= 0.6 is 11.6 Å². The molecule has 0 saturated heterocycles. The number of hydrogen-bond acceptors (Lipinski definition) is 9. The maximum absolute atomic E-state index is 10.5. The first-order valence-corrected chi connectivity index (χ1v) is 13.9. The van der Waals surface area contributed by atoms with E-state index in [9.17, 15) is 28.8 Å². The average molecular weight is 632 g/mol. The zero-order valence-corrected chi connectivity index (χ0v) is 25.0. The third-order valence-electron chi connectivity index (χ3n) is 6.09. The first-order valence-electron chi connectivity index (χ1n) is 13.5. The maximum Gasteiger partial charge on any atom is 0.352 e. The molecule has 0 aliphatic rings. The first-order chi connectivity index (χ1) is 20.8. The SMILES string of the molecule is CCN(CC)CCC[C@@H](C)Nc1ccnc2cc(Cl)ccc12.O=C(O)c1cc(=O)[nH]c(=O)[nH]1.O=C(O)c1cc(=O)[nH]c(=O)[nH]1. The minimum absolute atomic E-state index is 0.418. The normalized spacial score (nSPS) is 11.1. The van der Waals surface area contributed by atoms with Gasteiger partial charge in [-0.3, -0.25) is 24.5 Å². The molecule has 4 aromatic rings. The average Bonchev–Trinajstić information content (AvgIpc) is 2.95. The van der Waals surface area contributed by atoms with Crippen molar-refractivity contribution in [1.82, 2.24) is 29.8 Å². The Morgan fingerprint density at radius 1 is 0.886 bits per heavy atom. The molecule has 0 fully saturated rings. The number of H-pyrrole nitrogens is 4. The van der Waals surface area contributed by atoms with Crippen molar-refractivity contribution >= 4 is 40.1 Å². The highest BCUT2D eigenvalue weighted by Gasteiger charge is 2.08. The molecule has 0 spiro atoms. The molecule has 0 unspecified atom stereocenters. The van der Waals surface area contributed by atoms with E-state index in [1.54, 1.807) is 0 Å². The van der Waals surface area contributed by atoms with E-state index in [4.69, 9.17) is 21.8 Å². The van der Waals surface area contributed by atoms with Gasteiger partial charge in [0.1, 0.15) is 11.4 Å². The minimum Gasteiger partial charge on any atom is -0.477 e. The lowest BCUT2D eigenvalue weighted by atomic mass is 10.1. The number of anilines is 1. The number of rotatable bonds is 10. The van der Waals surface area contributed by atoms with Gasteiger partial charge >= 0.3 is 23.3 Å². The zero-order chi connectivity index (χ0) is 32.8. The number of nitrogens with zero attached hydrogens (tertiary/aromatic N) is 2. The number of aromatic carboxylic acids is 2. The molecule has 16 heteroatoms. The van der Waals surface area contributed by atoms with E-state index in [1.165, 1.54) is 13.0 Å². The number of carboxylic acids is 2. The number of hydrogen-bond donors (Lipinski definition) is 7. The highest BCUT2D eigenvalue weighted by Crippen LogP contribution is 2.25. The summed E-state index contributed by atoms with van der Waals surface area (Å²) in [6.45, 7) is 10.1. The molecule has 0 aliphatic carbocycles. The van der Waals surface area contributed by atoms with Crippen molar-refractivity contribution in [3.8, 4) is 0 Å². The number of pyridine rings is 1. The number of nitrogens with one attached hydrogen (secondary N) is 5. The molecular weight excluding hydrogens is 598 g/mol. The quantitative estimate of drug-likeness (QED) is 0.134. The van der Waals surface area contributed by atoms with Gasteiger partial charge in [0.05, 0.1) is 5.52 Å². The van der Waals surface area contributed by atoms with Crippen molar-refractivity contribution in [1.29, 1.82) is 0 Å². The third-order valence-corrected chi connectivity index (χ3v) is 6.33. The predicted octanol–water partition coefficient (Wildman–Crippen LogP) is 2.33. The number of carbonyl (C=O) groups is 2. The fourth-order valence-corrected chi connectivity index (χ4v) is 4.08. The third kappa shape index (κ3) is 11.7. The molecule has 3 aromatic heterocycles. The van der Waals surface area contributed by atoms with Crippen molar-refractivity contribution in [2.75, 3.05) is 25.0 Å². The molecule has 0 bridgehead atoms. The summed E-state index contributed by atoms with van der Waals surface area (Å²) in [6.07, 6.45) is 4.21. The van der Waals surface area contributed by atoms with Crippen LogP contribution in [0.15, 0.2) is 61.8 Å². The number of benzene rings is 1. The van der Waals surface area contributed by atoms with Gasteiger partial charge in [-0.2, -0.15) is 0 Å². The van der Waals surface area contributed by atoms with Crippen LogP contribution in [0.4, 0.5) is 5.69 Å². The summed E-state index contributed by atoms with van der Waals surface area (Å²) in [6, 6.07) is 9.94. The van der Waals surface area contributed by atoms with Crippen LogP contribution in [-0.4, -0.2) is 77.6 Å². The Hall–Kier alpha value is -5.02. The largest absolute Gasteiger partial charge is 0.477 e. The summed E-state index contributed by atoms with van der Waals surface area (Å²) in [5.41, 5.74) is -1.87. The lowest BCUT2D eigenvalue weighted by molar-refractivity contribution is 0.0679. The van der Waals surface area contributed by atoms with Crippen molar-refractivity contribution in [2.45, 2.75) is 39.7 Å². The van der Waals surface area contributed by atoms with E-state index in [-0.39, 0.29) is 0 Å². The van der Waals surface area contributed by atoms with Crippen molar-refractivity contribution in [3.05, 3.63) is 101 Å². The van der Waals surface area contributed by atoms with Crippen LogP contribution in [0.2, 0.25) is 5.02 Å². The lowest BCUT2D eigenvalue weighted by Crippen LogP contribution is -2.25. The maximum atomic E-state index is 10.5. The van der Waals surface area contributed by atoms with Gasteiger partial charge in [0, 0.05) is 40.5 Å². The number of aromatic amines is 4. The van der Waals surface area contributed by atoms with Gasteiger partial charge in [-0.25, -0.2) is 19.2 Å². The van der Waals surface area contributed by atoms with Gasteiger partial charge in [0.25, 0.3) is 11.1 Å². The van der Waals surface area contributed by atoms with Gasteiger partial charge < -0.3 is 30.4 Å². The first kappa shape index (κ1) is 35.2. The molecular formula is C28H34ClN7O8. The molecule has 0 amide bonds. The lowest BCUT2D eigenvalue weighted by Gasteiger charge is -2.20. The molecule has 236 valence electrons. The van der Waals surface area contributed by atoms with Crippen molar-refractivity contribution in [2.24, 2.45) is 0 Å². The molecule has 1 atom stereocenters. The van der Waals surface area contributed by atoms with Gasteiger partial charge in [0.15, 0.2) is 0 Å². The Balaban J connectivity index is 0.000000257. The highest BCUT2D eigenvalue weighted by atomic mass is 35.5. The minimum atomic E-state index is -1.34. The monoisotopic (exact) mass is 631 g/mol. The molecule has 0 aliphatic heterocycles. The fraction of sp³-hybridized carbons (Fsp3) is 0.321. The zero-order valence-electron chi connectivity index (χ0n) is 24.3. The second-order valence-corrected chi connectivity index (χ2v) is 9.78. The standard InChI is InChI=1S/C18H26ClN3.2C5H4N2O4/c1-4-22(5-2)12-6-7-14(3)21-17-10-11-20-18-13-15(19)8-9-16(17)18;2*8-3-1-2(4(9)10)6-5(11)7-3/h8-11,13-14H,4-7,12H2,1-3H3,(H,20,21);2*1H,(H,9,10)(H2,6,7,8,11)/t14-;;/m1../s1. The van der Waals surface area contributed by atoms with Crippen LogP contribution in [0.1, 0.15) is 54.6 Å². The summed E-state index contributed by atoms with van der Waals surface area (Å²) in [7, 11) is 0. The van der Waals surface area contributed by atoms with Gasteiger partial charge in [-0.15, -0.1) is 0 Å². The summed E-state index contributed by atoms with van der Waals surface area (Å²) >= 11 is 6.04. The van der Waals surface area contributed by atoms with Gasteiger partial charge in [0.2, 0.25) is 0 Å². The Kier molecular flexibility index (Phi) is 13.7. The van der Waals surface area contributed by atoms with Crippen LogP contribution in [0.3, 0.4) is 0 Å². The molecule has 4 rings (SSSR count). The van der Waals surface area contributed by atoms with Gasteiger partial charge in [-0.05, 0) is 63.7 Å². The Morgan fingerprint density at radius 2 is 1.43 bits per heavy atom. The van der Waals surface area contributed by atoms with Crippen LogP contribution in [-0.2, 0) is 0 Å². The summed E-state index contributed by atoms with van der Waals surface area (Å²) in [4.78, 5) is 76.6. The fourth-order valence-electron chi connectivity index (χ4n) is 3.91. The summed E-state index contributed by atoms with van der Waals surface area (Å²) in [5, 5.41) is 22.1. The van der Waals surface area contributed by atoms with E-state index < -0.39 is 45.8 Å². The van der Waals surface area contributed by atoms with E-state index in [0.29, 0.717) is 6.04 Å². The number of halogens is 1. The van der Waals surface area contributed by atoms with Gasteiger partial charge in [-0.1, -0.05) is 25.4 Å². The summed E-state index contributed by atoms with van der Waals surface area (Å²) < 4.78 is 0. The van der Waals surface area contributed by atoms with E-state index in [2.05, 4.69) is 36.0 Å². The Bertz CT molecular complexity index is 1660. The molecule has 3 heterocycles. The Morgan fingerprint density at radius 3 is 1.91 bits per heavy atom. The highest BCUT2D eigenvalue weighted by molar-refractivity contribution is 6.31. The molecule has 1 aromatic carbocycles. The molecule has 44 heavy (non-hydrogen) atoms. The Labute approximate surface area is 255 Å². The molecule has 0 saturated carbocycles. The van der Waals surface area contributed by atoms with E-state index in [1.807, 2.05) is 50.4 Å². The number of fused-ring (bicyclic) bond motifs is 1. The smallest absolute Gasteiger partial charge is 0.352 e. The molecule has 0 radical (unpaired) electrons. The van der Waals surface area contributed by atoms with Crippen LogP contribution in [0, 0.1) is 0 Å². The summed E-state index contributed by atoms with van der Waals surface area (Å²) in [5.74, 6) is -2.68. The van der Waals surface area contributed by atoms with Crippen molar-refractivity contribution in [3.63, 3.8) is 0 Å². The number of aromatic nitrogens is 5. The second kappa shape index (κ2) is 17.2.